The highest BCUT2D eigenvalue weighted by atomic mass is 16.3. The molecule has 0 saturated heterocycles. The summed E-state index contributed by atoms with van der Waals surface area (Å²) in [5.74, 6) is 3.47. The Morgan fingerprint density at radius 1 is 1.04 bits per heavy atom. The van der Waals surface area contributed by atoms with Crippen LogP contribution < -0.4 is 5.32 Å². The van der Waals surface area contributed by atoms with Crippen LogP contribution in [0.5, 0.6) is 0 Å². The zero-order valence-electron chi connectivity index (χ0n) is 17.7. The quantitative estimate of drug-likeness (QED) is 0.778. The van der Waals surface area contributed by atoms with Gasteiger partial charge < -0.3 is 10.4 Å². The average Bonchev–Trinajstić information content (AvgIpc) is 3.04. The first-order valence-electron chi connectivity index (χ1n) is 11.8. The van der Waals surface area contributed by atoms with Crippen LogP contribution in [0.2, 0.25) is 0 Å². The van der Waals surface area contributed by atoms with Crippen molar-refractivity contribution in [2.24, 2.45) is 34.5 Å². The maximum atomic E-state index is 10.2. The van der Waals surface area contributed by atoms with Gasteiger partial charge in [0.05, 0.1) is 6.10 Å². The largest absolute Gasteiger partial charge is 0.393 e. The number of hydrogen-bond acceptors (Lipinski definition) is 3. The number of aliphatic hydroxyl groups is 1. The molecule has 4 aliphatic rings. The monoisotopic (exact) mass is 382 g/mol. The van der Waals surface area contributed by atoms with Gasteiger partial charge in [0.15, 0.2) is 0 Å². The number of hydrogen-bond donors (Lipinski definition) is 2. The molecule has 4 aliphatic carbocycles. The average molecular weight is 383 g/mol. The van der Waals surface area contributed by atoms with Crippen LogP contribution in [0, 0.1) is 34.5 Å². The Labute approximate surface area is 170 Å². The minimum absolute atomic E-state index is 0.0315. The highest BCUT2D eigenvalue weighted by molar-refractivity contribution is 5.13. The van der Waals surface area contributed by atoms with Gasteiger partial charge in [0, 0.05) is 25.0 Å². The van der Waals surface area contributed by atoms with Crippen molar-refractivity contribution in [3.8, 4) is 0 Å². The Morgan fingerprint density at radius 3 is 2.68 bits per heavy atom. The van der Waals surface area contributed by atoms with E-state index in [0.717, 1.165) is 43.1 Å². The van der Waals surface area contributed by atoms with Gasteiger partial charge in [-0.05, 0) is 104 Å². The normalized spacial score (nSPS) is 47.8. The van der Waals surface area contributed by atoms with Gasteiger partial charge in [-0.15, -0.1) is 0 Å². The Hall–Kier alpha value is -0.930. The van der Waals surface area contributed by atoms with E-state index in [1.807, 2.05) is 18.5 Å². The Morgan fingerprint density at radius 2 is 1.86 bits per heavy atom. The zero-order valence-corrected chi connectivity index (χ0v) is 17.7. The molecule has 0 bridgehead atoms. The van der Waals surface area contributed by atoms with Gasteiger partial charge >= 0.3 is 0 Å². The van der Waals surface area contributed by atoms with Gasteiger partial charge in [0.1, 0.15) is 0 Å². The van der Waals surface area contributed by atoms with Crippen LogP contribution in [0.25, 0.3) is 0 Å². The highest BCUT2D eigenvalue weighted by Gasteiger charge is 2.59. The number of aliphatic hydroxyl groups excluding tert-OH is 1. The zero-order chi connectivity index (χ0) is 19.4. The first-order valence-corrected chi connectivity index (χ1v) is 11.8. The fourth-order valence-corrected chi connectivity index (χ4v) is 8.31. The van der Waals surface area contributed by atoms with Crippen LogP contribution in [0.4, 0.5) is 0 Å². The van der Waals surface area contributed by atoms with Crippen molar-refractivity contribution in [3.05, 3.63) is 30.1 Å². The predicted octanol–water partition coefficient (Wildman–Crippen LogP) is 4.94. The molecule has 0 aromatic carbocycles. The summed E-state index contributed by atoms with van der Waals surface area (Å²) in [6.45, 7) is 6.14. The molecule has 5 rings (SSSR count). The number of nitrogens with zero attached hydrogens (tertiary/aromatic N) is 1. The lowest BCUT2D eigenvalue weighted by Crippen LogP contribution is -2.55. The lowest BCUT2D eigenvalue weighted by molar-refractivity contribution is -0.123. The second-order valence-corrected chi connectivity index (χ2v) is 11.0. The van der Waals surface area contributed by atoms with E-state index in [1.54, 1.807) is 0 Å². The van der Waals surface area contributed by atoms with E-state index in [1.165, 1.54) is 50.5 Å². The van der Waals surface area contributed by atoms with Crippen LogP contribution in [0.3, 0.4) is 0 Å². The summed E-state index contributed by atoms with van der Waals surface area (Å²) in [7, 11) is 0. The van der Waals surface area contributed by atoms with Crippen LogP contribution in [-0.2, 0) is 6.54 Å². The van der Waals surface area contributed by atoms with E-state index in [2.05, 4.69) is 30.2 Å². The van der Waals surface area contributed by atoms with E-state index in [0.29, 0.717) is 16.9 Å². The Kier molecular flexibility index (Phi) is 4.83. The standard InChI is InChI=1S/C25H38N2O/c1-24-11-9-19(28)14-18(24)5-6-20-21-7-8-23(25(21,2)12-10-22(20)24)27-16-17-4-3-13-26-15-17/h3-4,13,15,18-23,27-28H,5-12,14,16H2,1-2H3/t18-,19+,20-,21-,22-,23-,24-,25-/m0/s1. The molecule has 8 atom stereocenters. The second kappa shape index (κ2) is 7.09. The molecule has 0 spiro atoms. The summed E-state index contributed by atoms with van der Waals surface area (Å²) < 4.78 is 0. The predicted molar refractivity (Wildman–Crippen MR) is 113 cm³/mol. The molecule has 0 unspecified atom stereocenters. The molecule has 2 N–H and O–H groups in total. The van der Waals surface area contributed by atoms with Crippen LogP contribution in [0.15, 0.2) is 24.5 Å². The van der Waals surface area contributed by atoms with Crippen molar-refractivity contribution in [3.63, 3.8) is 0 Å². The third kappa shape index (κ3) is 2.96. The van der Waals surface area contributed by atoms with Crippen LogP contribution in [-0.4, -0.2) is 22.2 Å². The smallest absolute Gasteiger partial charge is 0.0543 e. The highest BCUT2D eigenvalue weighted by Crippen LogP contribution is 2.66. The first-order chi connectivity index (χ1) is 13.5. The van der Waals surface area contributed by atoms with Crippen molar-refractivity contribution < 1.29 is 5.11 Å². The molecule has 1 aromatic heterocycles. The molecule has 4 saturated carbocycles. The van der Waals surface area contributed by atoms with E-state index in [9.17, 15) is 5.11 Å². The van der Waals surface area contributed by atoms with Crippen molar-refractivity contribution in [2.75, 3.05) is 0 Å². The van der Waals surface area contributed by atoms with Crippen molar-refractivity contribution in [2.45, 2.75) is 90.3 Å². The third-order valence-corrected chi connectivity index (χ3v) is 9.91. The van der Waals surface area contributed by atoms with Gasteiger partial charge in [-0.2, -0.15) is 0 Å². The lowest BCUT2D eigenvalue weighted by atomic mass is 9.45. The number of aromatic nitrogens is 1. The third-order valence-electron chi connectivity index (χ3n) is 9.91. The summed E-state index contributed by atoms with van der Waals surface area (Å²) in [5, 5.41) is 14.2. The molecule has 154 valence electrons. The number of nitrogens with one attached hydrogen (secondary N) is 1. The minimum Gasteiger partial charge on any atom is -0.393 e. The van der Waals surface area contributed by atoms with Gasteiger partial charge in [0.2, 0.25) is 0 Å². The van der Waals surface area contributed by atoms with E-state index >= 15 is 0 Å². The van der Waals surface area contributed by atoms with Gasteiger partial charge in [-0.1, -0.05) is 19.9 Å². The van der Waals surface area contributed by atoms with Gasteiger partial charge in [-0.3, -0.25) is 4.98 Å². The van der Waals surface area contributed by atoms with Crippen LogP contribution in [0.1, 0.15) is 77.2 Å². The lowest BCUT2D eigenvalue weighted by Gasteiger charge is -2.61. The second-order valence-electron chi connectivity index (χ2n) is 11.0. The maximum Gasteiger partial charge on any atom is 0.0543 e. The molecular weight excluding hydrogens is 344 g/mol. The SMILES string of the molecule is C[C@]12CC[C@@H](O)C[C@@H]1CC[C@@H]1[C@@H]2CC[C@]2(C)[C@@H](NCc3cccnc3)CC[C@@H]12. The summed E-state index contributed by atoms with van der Waals surface area (Å²) in [4.78, 5) is 4.28. The van der Waals surface area contributed by atoms with Crippen molar-refractivity contribution in [1.29, 1.82) is 0 Å². The Bertz CT molecular complexity index is 693. The molecule has 3 heteroatoms. The summed E-state index contributed by atoms with van der Waals surface area (Å²) >= 11 is 0. The fourth-order valence-electron chi connectivity index (χ4n) is 8.31. The van der Waals surface area contributed by atoms with E-state index < -0.39 is 0 Å². The molecule has 0 radical (unpaired) electrons. The molecule has 4 fully saturated rings. The topological polar surface area (TPSA) is 45.1 Å². The molecule has 28 heavy (non-hydrogen) atoms. The van der Waals surface area contributed by atoms with Crippen LogP contribution >= 0.6 is 0 Å². The summed E-state index contributed by atoms with van der Waals surface area (Å²) in [6.07, 6.45) is 15.5. The van der Waals surface area contributed by atoms with Crippen molar-refractivity contribution in [1.82, 2.24) is 10.3 Å². The number of rotatable bonds is 3. The van der Waals surface area contributed by atoms with E-state index in [4.69, 9.17) is 0 Å². The van der Waals surface area contributed by atoms with Gasteiger partial charge in [0.25, 0.3) is 0 Å². The van der Waals surface area contributed by atoms with Crippen molar-refractivity contribution >= 4 is 0 Å². The number of fused-ring (bicyclic) bond motifs is 5. The molecular formula is C25H38N2O. The molecule has 3 nitrogen and oxygen atoms in total. The van der Waals surface area contributed by atoms with Gasteiger partial charge in [-0.25, -0.2) is 0 Å². The minimum atomic E-state index is -0.0315. The summed E-state index contributed by atoms with van der Waals surface area (Å²) in [5.41, 5.74) is 2.25. The number of pyridine rings is 1. The fraction of sp³-hybridized carbons (Fsp3) is 0.800. The molecule has 1 aromatic rings. The Balaban J connectivity index is 1.31. The summed E-state index contributed by atoms with van der Waals surface area (Å²) in [6, 6.07) is 4.88. The molecule has 1 heterocycles. The molecule has 0 amide bonds. The molecule has 0 aliphatic heterocycles. The maximum absolute atomic E-state index is 10.2. The first kappa shape index (κ1) is 19.1. The van der Waals surface area contributed by atoms with E-state index in [-0.39, 0.29) is 6.10 Å².